The summed E-state index contributed by atoms with van der Waals surface area (Å²) in [5.74, 6) is -0.333. The molecule has 2 rings (SSSR count). The number of aromatic nitrogens is 1. The number of aromatic hydroxyl groups is 1. The third-order valence-corrected chi connectivity index (χ3v) is 2.40. The van der Waals surface area contributed by atoms with Crippen LogP contribution >= 0.6 is 11.6 Å². The molecule has 2 aromatic rings. The topological polar surface area (TPSA) is 33.1 Å². The fourth-order valence-electron chi connectivity index (χ4n) is 1.42. The number of pyridine rings is 1. The molecule has 84 valence electrons. The van der Waals surface area contributed by atoms with E-state index in [1.54, 1.807) is 0 Å². The number of hydrogen-bond acceptors (Lipinski definition) is 2. The Balaban J connectivity index is 2.86. The van der Waals surface area contributed by atoms with Crippen molar-refractivity contribution in [3.8, 4) is 5.75 Å². The Morgan fingerprint density at radius 1 is 1.25 bits per heavy atom. The lowest BCUT2D eigenvalue weighted by molar-refractivity contribution is -0.136. The van der Waals surface area contributed by atoms with Gasteiger partial charge in [0.05, 0.1) is 22.3 Å². The molecular weight excluding hydrogens is 243 g/mol. The summed E-state index contributed by atoms with van der Waals surface area (Å²) in [7, 11) is 0. The van der Waals surface area contributed by atoms with E-state index in [1.807, 2.05) is 0 Å². The van der Waals surface area contributed by atoms with Crippen LogP contribution in [0.4, 0.5) is 13.2 Å². The lowest BCUT2D eigenvalue weighted by Crippen LogP contribution is -2.06. The Labute approximate surface area is 93.3 Å². The van der Waals surface area contributed by atoms with Crippen LogP contribution in [0.3, 0.4) is 0 Å². The highest BCUT2D eigenvalue weighted by atomic mass is 35.5. The van der Waals surface area contributed by atoms with Crippen LogP contribution in [0.5, 0.6) is 5.75 Å². The van der Waals surface area contributed by atoms with Crippen LogP contribution < -0.4 is 0 Å². The molecule has 0 bridgehead atoms. The van der Waals surface area contributed by atoms with E-state index in [0.717, 1.165) is 24.4 Å². The molecule has 1 aromatic carbocycles. The van der Waals surface area contributed by atoms with Gasteiger partial charge in [-0.3, -0.25) is 4.98 Å². The van der Waals surface area contributed by atoms with Gasteiger partial charge in [-0.1, -0.05) is 11.6 Å². The van der Waals surface area contributed by atoms with Crippen LogP contribution in [-0.4, -0.2) is 10.1 Å². The quantitative estimate of drug-likeness (QED) is 0.771. The zero-order valence-electron chi connectivity index (χ0n) is 7.72. The molecule has 0 unspecified atom stereocenters. The van der Waals surface area contributed by atoms with E-state index in [-0.39, 0.29) is 21.7 Å². The van der Waals surface area contributed by atoms with Crippen molar-refractivity contribution in [3.05, 3.63) is 35.0 Å². The highest BCUT2D eigenvalue weighted by Gasteiger charge is 2.33. The first-order chi connectivity index (χ1) is 7.39. The minimum Gasteiger partial charge on any atom is -0.506 e. The summed E-state index contributed by atoms with van der Waals surface area (Å²) >= 11 is 5.72. The SMILES string of the molecule is Oc1cnc2c(Cl)ccc(C(F)(F)F)c2c1. The molecule has 0 saturated carbocycles. The van der Waals surface area contributed by atoms with Gasteiger partial charge in [-0.25, -0.2) is 0 Å². The highest BCUT2D eigenvalue weighted by molar-refractivity contribution is 6.35. The minimum absolute atomic E-state index is 0.0225. The molecule has 0 atom stereocenters. The lowest BCUT2D eigenvalue weighted by Gasteiger charge is -2.10. The Morgan fingerprint density at radius 3 is 2.56 bits per heavy atom. The van der Waals surface area contributed by atoms with Gasteiger partial charge in [0.15, 0.2) is 0 Å². The summed E-state index contributed by atoms with van der Waals surface area (Å²) < 4.78 is 37.9. The largest absolute Gasteiger partial charge is 0.506 e. The summed E-state index contributed by atoms with van der Waals surface area (Å²) in [4.78, 5) is 3.67. The molecule has 2 nitrogen and oxygen atoms in total. The number of halogens is 4. The van der Waals surface area contributed by atoms with E-state index in [9.17, 15) is 13.2 Å². The second-order valence-electron chi connectivity index (χ2n) is 3.18. The smallest absolute Gasteiger partial charge is 0.417 e. The third-order valence-electron chi connectivity index (χ3n) is 2.09. The van der Waals surface area contributed by atoms with Crippen molar-refractivity contribution in [1.29, 1.82) is 0 Å². The maximum atomic E-state index is 12.6. The molecule has 0 aliphatic rings. The molecule has 0 saturated heterocycles. The summed E-state index contributed by atoms with van der Waals surface area (Å²) in [5, 5.41) is 9.04. The fourth-order valence-corrected chi connectivity index (χ4v) is 1.64. The van der Waals surface area contributed by atoms with Crippen LogP contribution in [-0.2, 0) is 6.18 Å². The zero-order valence-corrected chi connectivity index (χ0v) is 8.47. The van der Waals surface area contributed by atoms with E-state index in [0.29, 0.717) is 0 Å². The van der Waals surface area contributed by atoms with Crippen LogP contribution in [0.25, 0.3) is 10.9 Å². The number of benzene rings is 1. The van der Waals surface area contributed by atoms with Crippen LogP contribution in [0.1, 0.15) is 5.56 Å². The first kappa shape index (κ1) is 11.0. The molecule has 1 aromatic heterocycles. The summed E-state index contributed by atoms with van der Waals surface area (Å²) in [6, 6.07) is 3.00. The molecule has 0 aliphatic carbocycles. The second-order valence-corrected chi connectivity index (χ2v) is 3.59. The van der Waals surface area contributed by atoms with E-state index >= 15 is 0 Å². The monoisotopic (exact) mass is 247 g/mol. The van der Waals surface area contributed by atoms with E-state index < -0.39 is 11.7 Å². The Hall–Kier alpha value is -1.49. The Kier molecular flexibility index (Phi) is 2.42. The molecule has 0 spiro atoms. The van der Waals surface area contributed by atoms with Crippen molar-refractivity contribution in [2.75, 3.05) is 0 Å². The second kappa shape index (κ2) is 3.52. The average molecular weight is 248 g/mol. The van der Waals surface area contributed by atoms with Gasteiger partial charge >= 0.3 is 6.18 Å². The van der Waals surface area contributed by atoms with E-state index in [1.165, 1.54) is 0 Å². The zero-order chi connectivity index (χ0) is 11.9. The van der Waals surface area contributed by atoms with E-state index in [4.69, 9.17) is 16.7 Å². The van der Waals surface area contributed by atoms with Gasteiger partial charge in [0.1, 0.15) is 5.75 Å². The summed E-state index contributed by atoms with van der Waals surface area (Å²) in [5.41, 5.74) is -0.843. The molecule has 0 fully saturated rings. The molecule has 0 radical (unpaired) electrons. The fraction of sp³-hybridized carbons (Fsp3) is 0.100. The number of rotatable bonds is 0. The van der Waals surface area contributed by atoms with Gasteiger partial charge in [0.2, 0.25) is 0 Å². The Morgan fingerprint density at radius 2 is 1.94 bits per heavy atom. The number of hydrogen-bond donors (Lipinski definition) is 1. The maximum absolute atomic E-state index is 12.6. The van der Waals surface area contributed by atoms with Crippen molar-refractivity contribution >= 4 is 22.5 Å². The van der Waals surface area contributed by atoms with Crippen molar-refractivity contribution < 1.29 is 18.3 Å². The average Bonchev–Trinajstić information content (AvgIpc) is 2.15. The van der Waals surface area contributed by atoms with Gasteiger partial charge in [0, 0.05) is 5.39 Å². The molecule has 0 aliphatic heterocycles. The van der Waals surface area contributed by atoms with Crippen LogP contribution in [0.2, 0.25) is 5.02 Å². The Bertz CT molecular complexity index is 553. The summed E-state index contributed by atoms with van der Waals surface area (Å²) in [6.45, 7) is 0. The molecular formula is C10H5ClF3NO. The van der Waals surface area contributed by atoms with E-state index in [2.05, 4.69) is 4.98 Å². The number of nitrogens with zero attached hydrogens (tertiary/aromatic N) is 1. The van der Waals surface area contributed by atoms with Gasteiger partial charge < -0.3 is 5.11 Å². The maximum Gasteiger partial charge on any atom is 0.417 e. The van der Waals surface area contributed by atoms with Crippen LogP contribution in [0.15, 0.2) is 24.4 Å². The predicted octanol–water partition coefficient (Wildman–Crippen LogP) is 3.61. The molecule has 1 heterocycles. The van der Waals surface area contributed by atoms with Crippen molar-refractivity contribution in [1.82, 2.24) is 4.98 Å². The third kappa shape index (κ3) is 1.78. The van der Waals surface area contributed by atoms with Gasteiger partial charge in [-0.2, -0.15) is 13.2 Å². The minimum atomic E-state index is -4.50. The van der Waals surface area contributed by atoms with Gasteiger partial charge in [-0.05, 0) is 18.2 Å². The lowest BCUT2D eigenvalue weighted by atomic mass is 10.1. The number of alkyl halides is 3. The van der Waals surface area contributed by atoms with Crippen molar-refractivity contribution in [3.63, 3.8) is 0 Å². The van der Waals surface area contributed by atoms with Crippen molar-refractivity contribution in [2.45, 2.75) is 6.18 Å². The number of fused-ring (bicyclic) bond motifs is 1. The normalized spacial score (nSPS) is 12.0. The first-order valence-electron chi connectivity index (χ1n) is 4.24. The molecule has 16 heavy (non-hydrogen) atoms. The predicted molar refractivity (Wildman–Crippen MR) is 53.4 cm³/mol. The molecule has 6 heteroatoms. The standard InChI is InChI=1S/C10H5ClF3NO/c11-8-2-1-7(10(12,13)14)6-3-5(16)4-15-9(6)8/h1-4,16H. The van der Waals surface area contributed by atoms with Crippen LogP contribution in [0, 0.1) is 0 Å². The van der Waals surface area contributed by atoms with Gasteiger partial charge in [0.25, 0.3) is 0 Å². The van der Waals surface area contributed by atoms with Crippen molar-refractivity contribution in [2.24, 2.45) is 0 Å². The highest BCUT2D eigenvalue weighted by Crippen LogP contribution is 2.37. The molecule has 0 amide bonds. The molecule has 1 N–H and O–H groups in total. The first-order valence-corrected chi connectivity index (χ1v) is 4.62. The van der Waals surface area contributed by atoms with Gasteiger partial charge in [-0.15, -0.1) is 0 Å². The summed E-state index contributed by atoms with van der Waals surface area (Å²) in [6.07, 6.45) is -3.45.